The van der Waals surface area contributed by atoms with E-state index in [2.05, 4.69) is 52.1 Å². The molecule has 4 nitrogen and oxygen atoms in total. The monoisotopic (exact) mass is 398 g/mol. The highest BCUT2D eigenvalue weighted by atomic mass is 79.9. The molecule has 1 saturated heterocycles. The Bertz CT molecular complexity index is 906. The number of benzene rings is 2. The van der Waals surface area contributed by atoms with Crippen molar-refractivity contribution in [2.75, 3.05) is 6.61 Å². The summed E-state index contributed by atoms with van der Waals surface area (Å²) < 4.78 is 6.42. The van der Waals surface area contributed by atoms with Crippen LogP contribution in [0.4, 0.5) is 4.79 Å². The highest BCUT2D eigenvalue weighted by Gasteiger charge is 2.37. The summed E-state index contributed by atoms with van der Waals surface area (Å²) in [5.74, 6) is 0. The zero-order valence-electron chi connectivity index (χ0n) is 13.9. The Labute approximate surface area is 154 Å². The topological polar surface area (TPSA) is 45.3 Å². The van der Waals surface area contributed by atoms with Crippen LogP contribution in [0.2, 0.25) is 0 Å². The number of ether oxygens (including phenoxy) is 1. The Morgan fingerprint density at radius 1 is 1.28 bits per heavy atom. The van der Waals surface area contributed by atoms with E-state index in [0.29, 0.717) is 6.61 Å². The molecule has 2 atom stereocenters. The molecule has 0 aliphatic carbocycles. The molecule has 2 heterocycles. The first-order valence-electron chi connectivity index (χ1n) is 8.39. The number of hydrogen-bond acceptors (Lipinski definition) is 2. The van der Waals surface area contributed by atoms with Crippen molar-refractivity contribution in [3.05, 3.63) is 70.3 Å². The molecular formula is C20H19BrN2O2. The van der Waals surface area contributed by atoms with Gasteiger partial charge in [-0.05, 0) is 42.7 Å². The second-order valence-corrected chi connectivity index (χ2v) is 7.35. The fourth-order valence-corrected chi connectivity index (χ4v) is 3.93. The van der Waals surface area contributed by atoms with E-state index in [1.165, 1.54) is 10.9 Å². The molecule has 3 aromatic rings. The molecule has 0 bridgehead atoms. The van der Waals surface area contributed by atoms with E-state index in [-0.39, 0.29) is 18.2 Å². The van der Waals surface area contributed by atoms with Gasteiger partial charge in [0.1, 0.15) is 6.61 Å². The number of fused-ring (bicyclic) bond motifs is 1. The molecular weight excluding hydrogens is 380 g/mol. The summed E-state index contributed by atoms with van der Waals surface area (Å²) in [6.45, 7) is 2.48. The Morgan fingerprint density at radius 3 is 2.88 bits per heavy atom. The molecule has 1 fully saturated rings. The average molecular weight is 399 g/mol. The van der Waals surface area contributed by atoms with Gasteiger partial charge in [-0.25, -0.2) is 4.79 Å². The van der Waals surface area contributed by atoms with Gasteiger partial charge >= 0.3 is 6.09 Å². The Hall–Kier alpha value is -2.27. The van der Waals surface area contributed by atoms with Gasteiger partial charge < -0.3 is 9.72 Å². The second kappa shape index (κ2) is 6.56. The largest absolute Gasteiger partial charge is 0.447 e. The van der Waals surface area contributed by atoms with Crippen LogP contribution in [0, 0.1) is 0 Å². The lowest BCUT2D eigenvalue weighted by Crippen LogP contribution is -2.37. The van der Waals surface area contributed by atoms with Gasteiger partial charge in [0.15, 0.2) is 0 Å². The predicted octanol–water partition coefficient (Wildman–Crippen LogP) is 5.05. The van der Waals surface area contributed by atoms with E-state index in [1.54, 1.807) is 0 Å². The molecule has 2 aromatic carbocycles. The van der Waals surface area contributed by atoms with Gasteiger partial charge in [0.05, 0.1) is 12.1 Å². The highest BCUT2D eigenvalue weighted by molar-refractivity contribution is 9.10. The van der Waals surface area contributed by atoms with E-state index in [1.807, 2.05) is 35.4 Å². The van der Waals surface area contributed by atoms with Gasteiger partial charge in [-0.2, -0.15) is 0 Å². The molecule has 0 unspecified atom stereocenters. The molecule has 1 aromatic heterocycles. The lowest BCUT2D eigenvalue weighted by molar-refractivity contribution is 0.147. The zero-order valence-corrected chi connectivity index (χ0v) is 15.5. The van der Waals surface area contributed by atoms with Crippen LogP contribution in [0.25, 0.3) is 10.9 Å². The second-order valence-electron chi connectivity index (χ2n) is 6.43. The van der Waals surface area contributed by atoms with Crippen molar-refractivity contribution in [3.8, 4) is 0 Å². The molecule has 128 valence electrons. The van der Waals surface area contributed by atoms with Gasteiger partial charge in [-0.15, -0.1) is 0 Å². The van der Waals surface area contributed by atoms with Crippen molar-refractivity contribution in [2.45, 2.75) is 25.4 Å². The van der Waals surface area contributed by atoms with E-state index in [4.69, 9.17) is 4.74 Å². The first-order valence-corrected chi connectivity index (χ1v) is 9.18. The molecule has 25 heavy (non-hydrogen) atoms. The standard InChI is InChI=1S/C20H19BrN2O2/c1-13(14-5-3-2-4-6-14)23-17(12-25-20(23)24)9-15-11-22-19-8-7-16(21)10-18(15)19/h2-8,10-11,13,17,22H,9,12H2,1H3/t13-,17-/m0/s1. The predicted molar refractivity (Wildman–Crippen MR) is 102 cm³/mol. The number of H-pyrrole nitrogens is 1. The van der Waals surface area contributed by atoms with Crippen LogP contribution in [-0.4, -0.2) is 28.6 Å². The van der Waals surface area contributed by atoms with Gasteiger partial charge in [0, 0.05) is 21.6 Å². The first kappa shape index (κ1) is 16.2. The molecule has 5 heteroatoms. The van der Waals surface area contributed by atoms with Crippen molar-refractivity contribution in [2.24, 2.45) is 0 Å². The third-order valence-corrected chi connectivity index (χ3v) is 5.38. The van der Waals surface area contributed by atoms with Crippen LogP contribution >= 0.6 is 15.9 Å². The summed E-state index contributed by atoms with van der Waals surface area (Å²) in [7, 11) is 0. The van der Waals surface area contributed by atoms with Crippen LogP contribution in [0.15, 0.2) is 59.2 Å². The maximum absolute atomic E-state index is 12.3. The third-order valence-electron chi connectivity index (χ3n) is 4.89. The lowest BCUT2D eigenvalue weighted by atomic mass is 10.0. The molecule has 1 N–H and O–H groups in total. The SMILES string of the molecule is C[C@@H](c1ccccc1)N1C(=O)OC[C@@H]1Cc1c[nH]c2ccc(Br)cc12. The van der Waals surface area contributed by atoms with E-state index >= 15 is 0 Å². The molecule has 4 rings (SSSR count). The molecule has 1 amide bonds. The van der Waals surface area contributed by atoms with E-state index in [0.717, 1.165) is 22.0 Å². The number of aromatic amines is 1. The van der Waals surface area contributed by atoms with Crippen LogP contribution in [0.1, 0.15) is 24.1 Å². The van der Waals surface area contributed by atoms with Gasteiger partial charge in [0.2, 0.25) is 0 Å². The maximum atomic E-state index is 12.3. The maximum Gasteiger partial charge on any atom is 0.410 e. The fourth-order valence-electron chi connectivity index (χ4n) is 3.57. The van der Waals surface area contributed by atoms with Crippen molar-refractivity contribution < 1.29 is 9.53 Å². The fraction of sp³-hybridized carbons (Fsp3) is 0.250. The highest BCUT2D eigenvalue weighted by Crippen LogP contribution is 2.31. The number of hydrogen-bond donors (Lipinski definition) is 1. The van der Waals surface area contributed by atoms with Crippen molar-refractivity contribution in [1.82, 2.24) is 9.88 Å². The minimum atomic E-state index is -0.234. The normalized spacial score (nSPS) is 18.6. The number of nitrogens with zero attached hydrogens (tertiary/aromatic N) is 1. The van der Waals surface area contributed by atoms with Gasteiger partial charge in [-0.3, -0.25) is 4.90 Å². The first-order chi connectivity index (χ1) is 12.1. The van der Waals surface area contributed by atoms with Crippen LogP contribution in [0.5, 0.6) is 0 Å². The Balaban J connectivity index is 1.62. The van der Waals surface area contributed by atoms with Crippen molar-refractivity contribution >= 4 is 32.9 Å². The van der Waals surface area contributed by atoms with Crippen molar-refractivity contribution in [1.29, 1.82) is 0 Å². The molecule has 1 aliphatic rings. The van der Waals surface area contributed by atoms with Crippen LogP contribution < -0.4 is 0 Å². The molecule has 1 aliphatic heterocycles. The summed E-state index contributed by atoms with van der Waals surface area (Å²) >= 11 is 3.54. The van der Waals surface area contributed by atoms with Gasteiger partial charge in [-0.1, -0.05) is 46.3 Å². The Morgan fingerprint density at radius 2 is 2.08 bits per heavy atom. The van der Waals surface area contributed by atoms with E-state index in [9.17, 15) is 4.79 Å². The Kier molecular flexibility index (Phi) is 4.25. The summed E-state index contributed by atoms with van der Waals surface area (Å²) in [4.78, 5) is 17.5. The number of cyclic esters (lactones) is 1. The molecule has 0 spiro atoms. The minimum Gasteiger partial charge on any atom is -0.447 e. The van der Waals surface area contributed by atoms with Crippen LogP contribution in [-0.2, 0) is 11.2 Å². The summed E-state index contributed by atoms with van der Waals surface area (Å²) in [5, 5.41) is 1.18. The summed E-state index contributed by atoms with van der Waals surface area (Å²) in [6.07, 6.45) is 2.56. The average Bonchev–Trinajstić information content (AvgIpc) is 3.19. The quantitative estimate of drug-likeness (QED) is 0.667. The minimum absolute atomic E-state index is 0.0156. The number of rotatable bonds is 4. The smallest absolute Gasteiger partial charge is 0.410 e. The number of aromatic nitrogens is 1. The number of carbonyl (C=O) groups excluding carboxylic acids is 1. The van der Waals surface area contributed by atoms with E-state index < -0.39 is 0 Å². The number of carbonyl (C=O) groups is 1. The number of amides is 1. The number of nitrogens with one attached hydrogen (secondary N) is 1. The lowest BCUT2D eigenvalue weighted by Gasteiger charge is -2.28. The summed E-state index contributed by atoms with van der Waals surface area (Å²) in [6, 6.07) is 16.3. The van der Waals surface area contributed by atoms with Crippen LogP contribution in [0.3, 0.4) is 0 Å². The molecule has 0 radical (unpaired) electrons. The number of halogens is 1. The van der Waals surface area contributed by atoms with Gasteiger partial charge in [0.25, 0.3) is 0 Å². The zero-order chi connectivity index (χ0) is 17.4. The molecule has 0 saturated carbocycles. The van der Waals surface area contributed by atoms with Crippen molar-refractivity contribution in [3.63, 3.8) is 0 Å². The summed E-state index contributed by atoms with van der Waals surface area (Å²) in [5.41, 5.74) is 3.42. The third kappa shape index (κ3) is 3.04.